The van der Waals surface area contributed by atoms with Gasteiger partial charge in [0.25, 0.3) is 0 Å². The number of hydrogen-bond donors (Lipinski definition) is 1. The molecule has 2 rings (SSSR count). The first-order chi connectivity index (χ1) is 9.54. The maximum absolute atomic E-state index is 12.5. The van der Waals surface area contributed by atoms with Crippen molar-refractivity contribution in [2.45, 2.75) is 45.4 Å². The molecule has 0 spiro atoms. The Morgan fingerprint density at radius 2 is 1.65 bits per heavy atom. The van der Waals surface area contributed by atoms with Crippen LogP contribution in [-0.2, 0) is 9.59 Å². The standard InChI is InChI=1S/C15H26N2O3/c1-2-16-7-9-17(10-8-16)13(18)11-15(12-14(19)20)5-3-4-6-15/h2-12H2,1H3,(H,19,20). The molecular weight excluding hydrogens is 256 g/mol. The summed E-state index contributed by atoms with van der Waals surface area (Å²) in [6.45, 7) is 6.62. The Labute approximate surface area is 120 Å². The van der Waals surface area contributed by atoms with Crippen LogP contribution in [0.2, 0.25) is 0 Å². The van der Waals surface area contributed by atoms with E-state index < -0.39 is 5.97 Å². The van der Waals surface area contributed by atoms with E-state index in [4.69, 9.17) is 5.11 Å². The van der Waals surface area contributed by atoms with Crippen molar-refractivity contribution in [1.29, 1.82) is 0 Å². The fraction of sp³-hybridized carbons (Fsp3) is 0.867. The summed E-state index contributed by atoms with van der Waals surface area (Å²) in [4.78, 5) is 27.8. The van der Waals surface area contributed by atoms with Gasteiger partial charge in [-0.05, 0) is 24.8 Å². The highest BCUT2D eigenvalue weighted by Gasteiger charge is 2.39. The molecule has 1 aliphatic heterocycles. The molecule has 20 heavy (non-hydrogen) atoms. The molecule has 0 bridgehead atoms. The molecule has 5 heteroatoms. The molecule has 1 aliphatic carbocycles. The van der Waals surface area contributed by atoms with Gasteiger partial charge >= 0.3 is 5.97 Å². The zero-order chi connectivity index (χ0) is 14.6. The van der Waals surface area contributed by atoms with Crippen molar-refractivity contribution in [3.05, 3.63) is 0 Å². The zero-order valence-corrected chi connectivity index (χ0v) is 12.4. The van der Waals surface area contributed by atoms with E-state index in [1.807, 2.05) is 4.90 Å². The van der Waals surface area contributed by atoms with Crippen LogP contribution in [0.25, 0.3) is 0 Å². The maximum Gasteiger partial charge on any atom is 0.303 e. The highest BCUT2D eigenvalue weighted by Crippen LogP contribution is 2.44. The number of likely N-dealkylation sites (N-methyl/N-ethyl adjacent to an activating group) is 1. The van der Waals surface area contributed by atoms with Crippen molar-refractivity contribution in [1.82, 2.24) is 9.80 Å². The molecule has 0 radical (unpaired) electrons. The first-order valence-electron chi connectivity index (χ1n) is 7.77. The van der Waals surface area contributed by atoms with Crippen LogP contribution < -0.4 is 0 Å². The molecule has 0 atom stereocenters. The smallest absolute Gasteiger partial charge is 0.303 e. The van der Waals surface area contributed by atoms with Crippen molar-refractivity contribution < 1.29 is 14.7 Å². The van der Waals surface area contributed by atoms with Gasteiger partial charge in [-0.1, -0.05) is 19.8 Å². The first-order valence-corrected chi connectivity index (χ1v) is 7.77. The van der Waals surface area contributed by atoms with Gasteiger partial charge in [0.05, 0.1) is 6.42 Å². The number of hydrogen-bond acceptors (Lipinski definition) is 3. The molecule has 1 heterocycles. The highest BCUT2D eigenvalue weighted by molar-refractivity contribution is 5.78. The van der Waals surface area contributed by atoms with E-state index in [0.717, 1.165) is 58.4 Å². The minimum absolute atomic E-state index is 0.146. The maximum atomic E-state index is 12.5. The number of nitrogens with zero attached hydrogens (tertiary/aromatic N) is 2. The van der Waals surface area contributed by atoms with Crippen LogP contribution in [0.4, 0.5) is 0 Å². The summed E-state index contributed by atoms with van der Waals surface area (Å²) in [5.41, 5.74) is -0.273. The Morgan fingerprint density at radius 3 is 2.15 bits per heavy atom. The fourth-order valence-corrected chi connectivity index (χ4v) is 3.61. The number of aliphatic carboxylic acids is 1. The number of rotatable bonds is 5. The number of carbonyl (C=O) groups is 2. The summed E-state index contributed by atoms with van der Waals surface area (Å²) < 4.78 is 0. The van der Waals surface area contributed by atoms with Crippen LogP contribution in [0.5, 0.6) is 0 Å². The number of amides is 1. The molecule has 1 amide bonds. The Kier molecular flexibility index (Phi) is 5.02. The molecule has 2 aliphatic rings. The van der Waals surface area contributed by atoms with Crippen LogP contribution in [-0.4, -0.2) is 59.5 Å². The van der Waals surface area contributed by atoms with E-state index in [2.05, 4.69) is 11.8 Å². The fourth-order valence-electron chi connectivity index (χ4n) is 3.61. The van der Waals surface area contributed by atoms with Gasteiger partial charge in [0.1, 0.15) is 0 Å². The quantitative estimate of drug-likeness (QED) is 0.831. The van der Waals surface area contributed by atoms with E-state index in [9.17, 15) is 9.59 Å². The van der Waals surface area contributed by atoms with E-state index in [1.165, 1.54) is 0 Å². The molecule has 1 saturated heterocycles. The monoisotopic (exact) mass is 282 g/mol. The second-order valence-electron chi connectivity index (χ2n) is 6.27. The van der Waals surface area contributed by atoms with Crippen molar-refractivity contribution in [3.63, 3.8) is 0 Å². The Hall–Kier alpha value is -1.10. The lowest BCUT2D eigenvalue weighted by molar-refractivity contribution is -0.142. The Bertz CT molecular complexity index is 356. The molecule has 0 unspecified atom stereocenters. The predicted octanol–water partition coefficient (Wildman–Crippen LogP) is 1.58. The van der Waals surface area contributed by atoms with Gasteiger partial charge in [0.2, 0.25) is 5.91 Å². The number of piperazine rings is 1. The molecule has 114 valence electrons. The van der Waals surface area contributed by atoms with Gasteiger partial charge < -0.3 is 14.9 Å². The summed E-state index contributed by atoms with van der Waals surface area (Å²) in [6.07, 6.45) is 4.47. The van der Waals surface area contributed by atoms with Crippen LogP contribution in [0.1, 0.15) is 45.4 Å². The van der Waals surface area contributed by atoms with Crippen LogP contribution in [0.3, 0.4) is 0 Å². The molecular formula is C15H26N2O3. The molecule has 2 fully saturated rings. The van der Waals surface area contributed by atoms with E-state index in [-0.39, 0.29) is 17.7 Å². The lowest BCUT2D eigenvalue weighted by Crippen LogP contribution is -2.49. The third-order valence-corrected chi connectivity index (χ3v) is 4.89. The summed E-state index contributed by atoms with van der Waals surface area (Å²) >= 11 is 0. The molecule has 1 N–H and O–H groups in total. The molecule has 0 aromatic rings. The van der Waals surface area contributed by atoms with Gasteiger partial charge in [-0.25, -0.2) is 0 Å². The molecule has 1 saturated carbocycles. The summed E-state index contributed by atoms with van der Waals surface area (Å²) in [5.74, 6) is -0.612. The van der Waals surface area contributed by atoms with Crippen LogP contribution in [0, 0.1) is 5.41 Å². The summed E-state index contributed by atoms with van der Waals surface area (Å²) in [6, 6.07) is 0. The molecule has 5 nitrogen and oxygen atoms in total. The van der Waals surface area contributed by atoms with Gasteiger partial charge in [0.15, 0.2) is 0 Å². The predicted molar refractivity (Wildman–Crippen MR) is 76.5 cm³/mol. The van der Waals surface area contributed by atoms with Crippen molar-refractivity contribution in [3.8, 4) is 0 Å². The number of carbonyl (C=O) groups excluding carboxylic acids is 1. The first kappa shape index (κ1) is 15.3. The van der Waals surface area contributed by atoms with Gasteiger partial charge in [-0.2, -0.15) is 0 Å². The molecule has 0 aromatic heterocycles. The van der Waals surface area contributed by atoms with Gasteiger partial charge in [-0.15, -0.1) is 0 Å². The van der Waals surface area contributed by atoms with Gasteiger partial charge in [0, 0.05) is 32.6 Å². The van der Waals surface area contributed by atoms with E-state index in [0.29, 0.717) is 6.42 Å². The van der Waals surface area contributed by atoms with Crippen LogP contribution >= 0.6 is 0 Å². The summed E-state index contributed by atoms with van der Waals surface area (Å²) in [7, 11) is 0. The second kappa shape index (κ2) is 6.57. The second-order valence-corrected chi connectivity index (χ2v) is 6.27. The van der Waals surface area contributed by atoms with Crippen molar-refractivity contribution in [2.24, 2.45) is 5.41 Å². The SMILES string of the molecule is CCN1CCN(C(=O)CC2(CC(=O)O)CCCC2)CC1. The Balaban J connectivity index is 1.90. The third-order valence-electron chi connectivity index (χ3n) is 4.89. The minimum Gasteiger partial charge on any atom is -0.481 e. The zero-order valence-electron chi connectivity index (χ0n) is 12.4. The van der Waals surface area contributed by atoms with Crippen LogP contribution in [0.15, 0.2) is 0 Å². The highest BCUT2D eigenvalue weighted by atomic mass is 16.4. The number of carboxylic acids is 1. The Morgan fingerprint density at radius 1 is 1.05 bits per heavy atom. The topological polar surface area (TPSA) is 60.9 Å². The lowest BCUT2D eigenvalue weighted by Gasteiger charge is -2.36. The van der Waals surface area contributed by atoms with Crippen molar-refractivity contribution in [2.75, 3.05) is 32.7 Å². The third kappa shape index (κ3) is 3.72. The largest absolute Gasteiger partial charge is 0.481 e. The van der Waals surface area contributed by atoms with E-state index in [1.54, 1.807) is 0 Å². The minimum atomic E-state index is -0.768. The van der Waals surface area contributed by atoms with Gasteiger partial charge in [-0.3, -0.25) is 9.59 Å². The lowest BCUT2D eigenvalue weighted by atomic mass is 9.79. The number of carboxylic acid groups (broad SMARTS) is 1. The average Bonchev–Trinajstić information content (AvgIpc) is 2.86. The van der Waals surface area contributed by atoms with E-state index >= 15 is 0 Å². The summed E-state index contributed by atoms with van der Waals surface area (Å²) in [5, 5.41) is 9.10. The molecule has 0 aromatic carbocycles. The average molecular weight is 282 g/mol. The van der Waals surface area contributed by atoms with Crippen molar-refractivity contribution >= 4 is 11.9 Å². The normalized spacial score (nSPS) is 22.9.